The zero-order valence-electron chi connectivity index (χ0n) is 11.0. The highest BCUT2D eigenvalue weighted by molar-refractivity contribution is 5.97. The highest BCUT2D eigenvalue weighted by Gasteiger charge is 2.19. The number of halogens is 2. The number of aromatic nitrogens is 1. The topological polar surface area (TPSA) is 45.6 Å². The van der Waals surface area contributed by atoms with Crippen molar-refractivity contribution in [1.29, 1.82) is 0 Å². The Balaban J connectivity index is 2.01. The zero-order valence-corrected chi connectivity index (χ0v) is 11.0. The molecule has 6 heteroatoms. The monoisotopic (exact) mass is 287 g/mol. The van der Waals surface area contributed by atoms with Crippen molar-refractivity contribution in [1.82, 2.24) is 4.98 Å². The first kappa shape index (κ1) is 13.4. The van der Waals surface area contributed by atoms with E-state index < -0.39 is 11.8 Å². The number of nitrogens with zero attached hydrogens (tertiary/aromatic N) is 3. The van der Waals surface area contributed by atoms with Gasteiger partial charge in [0, 0.05) is 36.0 Å². The summed E-state index contributed by atoms with van der Waals surface area (Å²) in [6.07, 6.45) is 3.82. The van der Waals surface area contributed by atoms with Crippen LogP contribution in [0.3, 0.4) is 0 Å². The van der Waals surface area contributed by atoms with E-state index in [1.165, 1.54) is 36.5 Å². The van der Waals surface area contributed by atoms with Crippen molar-refractivity contribution in [3.8, 4) is 11.1 Å². The molecule has 4 nitrogen and oxygen atoms in total. The Morgan fingerprint density at radius 2 is 2.00 bits per heavy atom. The quantitative estimate of drug-likeness (QED) is 0.797. The van der Waals surface area contributed by atoms with Crippen molar-refractivity contribution >= 4 is 17.8 Å². The van der Waals surface area contributed by atoms with Crippen LogP contribution in [0.5, 0.6) is 0 Å². The first-order chi connectivity index (χ1) is 10.2. The molecule has 0 saturated carbocycles. The Morgan fingerprint density at radius 3 is 2.71 bits per heavy atom. The molecule has 0 saturated heterocycles. The molecule has 0 spiro atoms. The van der Waals surface area contributed by atoms with Gasteiger partial charge in [-0.2, -0.15) is 9.49 Å². The van der Waals surface area contributed by atoms with Crippen LogP contribution in [0.15, 0.2) is 41.6 Å². The number of carbonyl (C=O) groups is 1. The predicted octanol–water partition coefficient (Wildman–Crippen LogP) is 3.14. The summed E-state index contributed by atoms with van der Waals surface area (Å²) in [6, 6.07) is 7.10. The first-order valence-electron chi connectivity index (χ1n) is 6.42. The van der Waals surface area contributed by atoms with Crippen molar-refractivity contribution in [3.05, 3.63) is 48.3 Å². The molecule has 2 aromatic rings. The molecule has 1 aliphatic rings. The molecule has 106 valence electrons. The molecule has 1 aliphatic heterocycles. The van der Waals surface area contributed by atoms with Gasteiger partial charge in [-0.3, -0.25) is 4.79 Å². The van der Waals surface area contributed by atoms with Crippen molar-refractivity contribution in [2.45, 2.75) is 12.8 Å². The number of benzene rings is 1. The summed E-state index contributed by atoms with van der Waals surface area (Å²) in [6.45, 7) is 0. The Kier molecular flexibility index (Phi) is 3.43. The number of hydrogen-bond acceptors (Lipinski definition) is 3. The molecule has 0 bridgehead atoms. The second kappa shape index (κ2) is 5.40. The molecule has 0 fully saturated rings. The Hall–Kier alpha value is -2.63. The number of carbonyl (C=O) groups excluding carboxylic acids is 1. The summed E-state index contributed by atoms with van der Waals surface area (Å²) in [5.74, 6) is -1.57. The minimum absolute atomic E-state index is 0.0787. The fraction of sp³-hybridized carbons (Fsp3) is 0.133. The molecule has 0 atom stereocenters. The summed E-state index contributed by atoms with van der Waals surface area (Å²) in [7, 11) is 0. The second-order valence-electron chi connectivity index (χ2n) is 4.55. The van der Waals surface area contributed by atoms with Crippen LogP contribution in [0, 0.1) is 11.8 Å². The van der Waals surface area contributed by atoms with Gasteiger partial charge in [0.2, 0.25) is 11.9 Å². The van der Waals surface area contributed by atoms with Gasteiger partial charge in [0.05, 0.1) is 5.69 Å². The van der Waals surface area contributed by atoms with E-state index in [4.69, 9.17) is 0 Å². The van der Waals surface area contributed by atoms with E-state index in [0.29, 0.717) is 18.5 Å². The molecule has 1 aromatic carbocycles. The van der Waals surface area contributed by atoms with E-state index in [9.17, 15) is 13.6 Å². The standard InChI is InChI=1S/C15H11F2N3O/c16-13-9-10(20-14(21)4-2-8-19-20)5-6-11(13)12-3-1-7-18-15(12)17/h1,3,5-9H,2,4H2. The minimum atomic E-state index is -0.740. The lowest BCUT2D eigenvalue weighted by Crippen LogP contribution is -2.28. The Bertz CT molecular complexity index is 731. The highest BCUT2D eigenvalue weighted by atomic mass is 19.1. The number of pyridine rings is 1. The van der Waals surface area contributed by atoms with Crippen molar-refractivity contribution in [3.63, 3.8) is 0 Å². The number of hydrazone groups is 1. The third-order valence-corrected chi connectivity index (χ3v) is 3.17. The van der Waals surface area contributed by atoms with Gasteiger partial charge in [0.1, 0.15) is 5.82 Å². The SMILES string of the molecule is O=C1CCC=NN1c1ccc(-c2cccnc2F)c(F)c1. The van der Waals surface area contributed by atoms with Gasteiger partial charge >= 0.3 is 0 Å². The summed E-state index contributed by atoms with van der Waals surface area (Å²) < 4.78 is 27.8. The minimum Gasteiger partial charge on any atom is -0.273 e. The molecule has 0 N–H and O–H groups in total. The molecule has 3 rings (SSSR count). The van der Waals surface area contributed by atoms with Gasteiger partial charge in [-0.1, -0.05) is 0 Å². The van der Waals surface area contributed by atoms with Crippen LogP contribution >= 0.6 is 0 Å². The van der Waals surface area contributed by atoms with Gasteiger partial charge in [-0.25, -0.2) is 14.4 Å². The average Bonchev–Trinajstić information content (AvgIpc) is 2.49. The van der Waals surface area contributed by atoms with Gasteiger partial charge < -0.3 is 0 Å². The molecular formula is C15H11F2N3O. The fourth-order valence-corrected chi connectivity index (χ4v) is 2.15. The molecule has 1 amide bonds. The van der Waals surface area contributed by atoms with Crippen LogP contribution in [0.4, 0.5) is 14.5 Å². The molecule has 0 radical (unpaired) electrons. The van der Waals surface area contributed by atoms with Gasteiger partial charge in [-0.05, 0) is 30.7 Å². The number of rotatable bonds is 2. The van der Waals surface area contributed by atoms with E-state index in [1.54, 1.807) is 6.21 Å². The third-order valence-electron chi connectivity index (χ3n) is 3.17. The molecule has 2 heterocycles. The van der Waals surface area contributed by atoms with Crippen molar-refractivity contribution in [2.24, 2.45) is 5.10 Å². The van der Waals surface area contributed by atoms with Crippen LogP contribution in [0.1, 0.15) is 12.8 Å². The maximum Gasteiger partial charge on any atom is 0.247 e. The average molecular weight is 287 g/mol. The largest absolute Gasteiger partial charge is 0.273 e. The number of amides is 1. The lowest BCUT2D eigenvalue weighted by molar-refractivity contribution is -0.118. The van der Waals surface area contributed by atoms with Crippen LogP contribution < -0.4 is 5.01 Å². The molecule has 0 aliphatic carbocycles. The number of hydrogen-bond donors (Lipinski definition) is 0. The van der Waals surface area contributed by atoms with E-state index in [2.05, 4.69) is 10.1 Å². The van der Waals surface area contributed by atoms with Crippen LogP contribution in [-0.2, 0) is 4.79 Å². The normalized spacial score (nSPS) is 14.6. The summed E-state index contributed by atoms with van der Waals surface area (Å²) >= 11 is 0. The lowest BCUT2D eigenvalue weighted by atomic mass is 10.1. The molecular weight excluding hydrogens is 276 g/mol. The summed E-state index contributed by atoms with van der Waals surface area (Å²) in [5, 5.41) is 5.10. The second-order valence-corrected chi connectivity index (χ2v) is 4.55. The summed E-state index contributed by atoms with van der Waals surface area (Å²) in [4.78, 5) is 15.2. The molecule has 0 unspecified atom stereocenters. The van der Waals surface area contributed by atoms with Gasteiger partial charge in [0.15, 0.2) is 0 Å². The van der Waals surface area contributed by atoms with Gasteiger partial charge in [0.25, 0.3) is 0 Å². The van der Waals surface area contributed by atoms with E-state index in [-0.39, 0.29) is 17.0 Å². The van der Waals surface area contributed by atoms with Crippen LogP contribution in [-0.4, -0.2) is 17.1 Å². The smallest absolute Gasteiger partial charge is 0.247 e. The van der Waals surface area contributed by atoms with E-state index in [0.717, 1.165) is 5.01 Å². The maximum absolute atomic E-state index is 14.2. The third kappa shape index (κ3) is 2.52. The van der Waals surface area contributed by atoms with Crippen molar-refractivity contribution in [2.75, 3.05) is 5.01 Å². The molecule has 21 heavy (non-hydrogen) atoms. The number of anilines is 1. The fourth-order valence-electron chi connectivity index (χ4n) is 2.15. The Labute approximate surface area is 119 Å². The van der Waals surface area contributed by atoms with Crippen molar-refractivity contribution < 1.29 is 13.6 Å². The predicted molar refractivity (Wildman–Crippen MR) is 74.8 cm³/mol. The summed E-state index contributed by atoms with van der Waals surface area (Å²) in [5.41, 5.74) is 0.495. The van der Waals surface area contributed by atoms with Gasteiger partial charge in [-0.15, -0.1) is 0 Å². The Morgan fingerprint density at radius 1 is 1.14 bits per heavy atom. The lowest BCUT2D eigenvalue weighted by Gasteiger charge is -2.20. The highest BCUT2D eigenvalue weighted by Crippen LogP contribution is 2.28. The zero-order chi connectivity index (χ0) is 14.8. The maximum atomic E-state index is 14.2. The molecule has 1 aromatic heterocycles. The van der Waals surface area contributed by atoms with Crippen LogP contribution in [0.2, 0.25) is 0 Å². The first-order valence-corrected chi connectivity index (χ1v) is 6.42. The van der Waals surface area contributed by atoms with E-state index in [1.807, 2.05) is 0 Å². The van der Waals surface area contributed by atoms with Crippen LogP contribution in [0.25, 0.3) is 11.1 Å². The van der Waals surface area contributed by atoms with E-state index >= 15 is 0 Å².